The summed E-state index contributed by atoms with van der Waals surface area (Å²) in [6.07, 6.45) is 1.47. The van der Waals surface area contributed by atoms with Gasteiger partial charge in [-0.3, -0.25) is 14.8 Å². The largest absolute Gasteiger partial charge is 0.427 e. The van der Waals surface area contributed by atoms with Gasteiger partial charge in [-0.05, 0) is 60.5 Å². The summed E-state index contributed by atoms with van der Waals surface area (Å²) in [5.41, 5.74) is 6.58. The number of nitrogens with one attached hydrogen (secondary N) is 1. The number of amides is 1. The van der Waals surface area contributed by atoms with Crippen LogP contribution >= 0.6 is 11.6 Å². The lowest BCUT2D eigenvalue weighted by Gasteiger charge is -2.14. The number of nitrogens with zero attached hydrogens (tertiary/aromatic N) is 4. The van der Waals surface area contributed by atoms with Gasteiger partial charge in [0.05, 0.1) is 17.7 Å². The van der Waals surface area contributed by atoms with E-state index in [9.17, 15) is 24.0 Å². The molecule has 1 aromatic carbocycles. The molecule has 2 heterocycles. The number of hydrogen-bond donors (Lipinski definition) is 3. The molecule has 11 heteroatoms. The molecule has 182 valence electrons. The highest BCUT2D eigenvalue weighted by atomic mass is 35.5. The lowest BCUT2D eigenvalue weighted by molar-refractivity contribution is -0.120. The number of nitriles is 1. The Labute approximate surface area is 205 Å². The van der Waals surface area contributed by atoms with Crippen molar-refractivity contribution < 1.29 is 18.8 Å². The Hall–Kier alpha value is -3.81. The summed E-state index contributed by atoms with van der Waals surface area (Å²) < 4.78 is 29.3. The van der Waals surface area contributed by atoms with Crippen LogP contribution in [0.25, 0.3) is 0 Å². The summed E-state index contributed by atoms with van der Waals surface area (Å²) in [5, 5.41) is 23.2. The molecule has 1 amide bonds. The smallest absolute Gasteiger partial charge is 0.308 e. The molecule has 0 saturated heterocycles. The molecule has 0 radical (unpaired) electrons. The number of carbonyl (C=O) groups excluding carboxylic acids is 1. The van der Waals surface area contributed by atoms with Gasteiger partial charge in [0, 0.05) is 17.8 Å². The van der Waals surface area contributed by atoms with Crippen LogP contribution < -0.4 is 16.5 Å². The number of nitrogens with two attached hydrogens (primary N) is 1. The minimum absolute atomic E-state index is 0.00432. The van der Waals surface area contributed by atoms with Gasteiger partial charge in [0.1, 0.15) is 18.3 Å². The van der Waals surface area contributed by atoms with Crippen LogP contribution in [0.15, 0.2) is 59.7 Å². The summed E-state index contributed by atoms with van der Waals surface area (Å²) in [6, 6.07) is 13.8. The number of hydrogen-bond acceptors (Lipinski definition) is 6. The summed E-state index contributed by atoms with van der Waals surface area (Å²) in [4.78, 5) is 20.0. The topological polar surface area (TPSA) is 129 Å². The lowest BCUT2D eigenvalue weighted by Crippen LogP contribution is -2.31. The van der Waals surface area contributed by atoms with Crippen LogP contribution in [-0.2, 0) is 30.1 Å². The van der Waals surface area contributed by atoms with Crippen molar-refractivity contribution in [2.45, 2.75) is 25.3 Å². The van der Waals surface area contributed by atoms with Gasteiger partial charge in [0.15, 0.2) is 5.49 Å². The molecule has 35 heavy (non-hydrogen) atoms. The minimum atomic E-state index is -3.38. The number of aromatic nitrogens is 2. The zero-order valence-electron chi connectivity index (χ0n) is 18.6. The Bertz CT molecular complexity index is 1310. The van der Waals surface area contributed by atoms with Crippen LogP contribution in [0.3, 0.4) is 0 Å². The molecule has 0 atom stereocenters. The average Bonchev–Trinajstić information content (AvgIpc) is 2.85. The maximum atomic E-state index is 14.4. The molecule has 3 aromatic rings. The SMILES string of the molecule is N#Cc1ccc(=NCC(F)(F)c2ccccn2)n(O)c1CC(=O)NCc1cc(Cl)ccc1CCN. The van der Waals surface area contributed by atoms with Crippen molar-refractivity contribution in [3.63, 3.8) is 0 Å². The van der Waals surface area contributed by atoms with Crippen molar-refractivity contribution in [3.8, 4) is 6.07 Å². The van der Waals surface area contributed by atoms with E-state index in [-0.39, 0.29) is 29.7 Å². The minimum Gasteiger partial charge on any atom is -0.427 e. The Morgan fingerprint density at radius 3 is 2.74 bits per heavy atom. The monoisotopic (exact) mass is 500 g/mol. The highest BCUT2D eigenvalue weighted by Crippen LogP contribution is 2.25. The fourth-order valence-corrected chi connectivity index (χ4v) is 3.57. The van der Waals surface area contributed by atoms with Crippen molar-refractivity contribution in [2.24, 2.45) is 10.7 Å². The molecule has 4 N–H and O–H groups in total. The van der Waals surface area contributed by atoms with Crippen LogP contribution in [0.5, 0.6) is 0 Å². The first-order chi connectivity index (χ1) is 16.7. The molecule has 0 saturated carbocycles. The molecule has 2 aromatic heterocycles. The van der Waals surface area contributed by atoms with Gasteiger partial charge in [-0.2, -0.15) is 18.8 Å². The molecule has 8 nitrogen and oxygen atoms in total. The fourth-order valence-electron chi connectivity index (χ4n) is 3.38. The van der Waals surface area contributed by atoms with Crippen molar-refractivity contribution >= 4 is 17.5 Å². The molecule has 0 unspecified atom stereocenters. The molecule has 3 rings (SSSR count). The van der Waals surface area contributed by atoms with E-state index in [1.807, 2.05) is 12.1 Å². The Kier molecular flexibility index (Phi) is 8.52. The zero-order valence-corrected chi connectivity index (χ0v) is 19.3. The van der Waals surface area contributed by atoms with Crippen molar-refractivity contribution in [3.05, 3.63) is 93.3 Å². The maximum absolute atomic E-state index is 14.4. The molecular formula is C24H23ClF2N6O2. The number of pyridine rings is 2. The Morgan fingerprint density at radius 1 is 1.26 bits per heavy atom. The second-order valence-corrected chi connectivity index (χ2v) is 8.05. The number of carbonyl (C=O) groups is 1. The molecule has 0 aliphatic rings. The number of halogens is 3. The van der Waals surface area contributed by atoms with E-state index in [0.29, 0.717) is 22.7 Å². The highest BCUT2D eigenvalue weighted by Gasteiger charge is 2.32. The predicted octanol–water partition coefficient (Wildman–Crippen LogP) is 2.70. The van der Waals surface area contributed by atoms with Gasteiger partial charge >= 0.3 is 5.92 Å². The third kappa shape index (κ3) is 6.62. The second-order valence-electron chi connectivity index (χ2n) is 7.62. The van der Waals surface area contributed by atoms with Crippen molar-refractivity contribution in [2.75, 3.05) is 13.1 Å². The normalized spacial score (nSPS) is 11.8. The second kappa shape index (κ2) is 11.6. The first-order valence-corrected chi connectivity index (χ1v) is 11.0. The average molecular weight is 501 g/mol. The van der Waals surface area contributed by atoms with E-state index in [1.54, 1.807) is 12.1 Å². The number of rotatable bonds is 9. The molecule has 0 aliphatic carbocycles. The number of benzene rings is 1. The maximum Gasteiger partial charge on any atom is 0.308 e. The van der Waals surface area contributed by atoms with Gasteiger partial charge in [-0.15, -0.1) is 0 Å². The fraction of sp³-hybridized carbons (Fsp3) is 0.250. The van der Waals surface area contributed by atoms with Crippen molar-refractivity contribution in [1.29, 1.82) is 5.26 Å². The quantitative estimate of drug-likeness (QED) is 0.389. The molecule has 0 fully saturated rings. The highest BCUT2D eigenvalue weighted by molar-refractivity contribution is 6.30. The predicted molar refractivity (Wildman–Crippen MR) is 125 cm³/mol. The third-order valence-corrected chi connectivity index (χ3v) is 5.40. The molecule has 0 spiro atoms. The summed E-state index contributed by atoms with van der Waals surface area (Å²) >= 11 is 6.06. The lowest BCUT2D eigenvalue weighted by atomic mass is 10.0. The van der Waals surface area contributed by atoms with E-state index >= 15 is 0 Å². The third-order valence-electron chi connectivity index (χ3n) is 5.17. The zero-order chi connectivity index (χ0) is 25.4. The van der Waals surface area contributed by atoms with Crippen LogP contribution in [0.1, 0.15) is 28.1 Å². The van der Waals surface area contributed by atoms with Gasteiger partial charge < -0.3 is 16.3 Å². The first kappa shape index (κ1) is 25.8. The van der Waals surface area contributed by atoms with Gasteiger partial charge in [-0.1, -0.05) is 23.7 Å². The van der Waals surface area contributed by atoms with Crippen molar-refractivity contribution in [1.82, 2.24) is 15.0 Å². The van der Waals surface area contributed by atoms with E-state index in [4.69, 9.17) is 17.3 Å². The van der Waals surface area contributed by atoms with Crippen LogP contribution in [0.4, 0.5) is 8.78 Å². The summed E-state index contributed by atoms with van der Waals surface area (Å²) in [5.74, 6) is -3.88. The summed E-state index contributed by atoms with van der Waals surface area (Å²) in [7, 11) is 0. The van der Waals surface area contributed by atoms with Gasteiger partial charge in [0.25, 0.3) is 0 Å². The number of alkyl halides is 2. The molecule has 0 bridgehead atoms. The van der Waals surface area contributed by atoms with Gasteiger partial charge in [-0.25, -0.2) is 0 Å². The van der Waals surface area contributed by atoms with Crippen LogP contribution in [-0.4, -0.2) is 33.9 Å². The molecular weight excluding hydrogens is 478 g/mol. The van der Waals surface area contributed by atoms with Gasteiger partial charge in [0.2, 0.25) is 5.91 Å². The standard InChI is InChI=1S/C24H23ClF2N6O2/c25-19-6-4-16(8-9-28)18(11-19)14-31-23(34)12-20-17(13-29)5-7-22(33(20)35)32-15-24(26,27)21-3-1-2-10-30-21/h1-7,10-11,35H,8-9,12,14-15,28H2,(H,31,34). The first-order valence-electron chi connectivity index (χ1n) is 10.6. The Morgan fingerprint density at radius 2 is 2.06 bits per heavy atom. The Balaban J connectivity index is 1.79. The van der Waals surface area contributed by atoms with Crippen LogP contribution in [0.2, 0.25) is 5.02 Å². The van der Waals surface area contributed by atoms with E-state index in [0.717, 1.165) is 11.1 Å². The van der Waals surface area contributed by atoms with E-state index in [2.05, 4.69) is 15.3 Å². The van der Waals surface area contributed by atoms with E-state index in [1.165, 1.54) is 36.5 Å². The summed E-state index contributed by atoms with van der Waals surface area (Å²) in [6.45, 7) is -0.405. The van der Waals surface area contributed by atoms with Crippen LogP contribution in [0, 0.1) is 11.3 Å². The van der Waals surface area contributed by atoms with E-state index < -0.39 is 24.1 Å². The molecule has 0 aliphatic heterocycles.